The van der Waals surface area contributed by atoms with Gasteiger partial charge < -0.3 is 10.1 Å². The number of anilines is 1. The van der Waals surface area contributed by atoms with E-state index in [1.54, 1.807) is 44.2 Å². The molecule has 0 aliphatic heterocycles. The summed E-state index contributed by atoms with van der Waals surface area (Å²) in [5, 5.41) is 3.61. The van der Waals surface area contributed by atoms with Crippen LogP contribution >= 0.6 is 39.1 Å². The molecule has 26 heavy (non-hydrogen) atoms. The number of methoxy groups -OCH3 is 1. The maximum atomic E-state index is 12.4. The first-order valence-corrected chi connectivity index (χ1v) is 9.11. The summed E-state index contributed by atoms with van der Waals surface area (Å²) in [6.45, 7) is 3.58. The van der Waals surface area contributed by atoms with Crippen LogP contribution in [0.5, 0.6) is 0 Å². The summed E-state index contributed by atoms with van der Waals surface area (Å²) < 4.78 is 5.51. The number of carbonyl (C=O) groups is 2. The number of allylic oxidation sites excluding steroid dienone is 1. The van der Waals surface area contributed by atoms with Crippen LogP contribution in [0.25, 0.3) is 5.57 Å². The Hall–Kier alpha value is -1.82. The molecule has 0 fully saturated rings. The summed E-state index contributed by atoms with van der Waals surface area (Å²) >= 11 is 15.3. The zero-order chi connectivity index (χ0) is 19.4. The lowest BCUT2D eigenvalue weighted by atomic mass is 10.1. The highest BCUT2D eigenvalue weighted by atomic mass is 79.9. The van der Waals surface area contributed by atoms with E-state index in [1.807, 2.05) is 0 Å². The van der Waals surface area contributed by atoms with Gasteiger partial charge in [0.25, 0.3) is 0 Å². The van der Waals surface area contributed by atoms with Gasteiger partial charge in [0.1, 0.15) is 0 Å². The highest BCUT2D eigenvalue weighted by molar-refractivity contribution is 9.10. The number of rotatable bonds is 4. The van der Waals surface area contributed by atoms with Gasteiger partial charge in [-0.15, -0.1) is 0 Å². The minimum absolute atomic E-state index is 0.272. The third-order valence-corrected chi connectivity index (χ3v) is 4.87. The lowest BCUT2D eigenvalue weighted by molar-refractivity contribution is -0.111. The van der Waals surface area contributed by atoms with Crippen LogP contribution in [0.1, 0.15) is 28.4 Å². The number of aryl methyl sites for hydroxylation is 1. The van der Waals surface area contributed by atoms with Crippen molar-refractivity contribution in [2.24, 2.45) is 0 Å². The minimum atomic E-state index is -0.533. The van der Waals surface area contributed by atoms with Gasteiger partial charge >= 0.3 is 5.97 Å². The molecule has 0 aromatic heterocycles. The first-order valence-electron chi connectivity index (χ1n) is 7.56. The molecule has 0 saturated heterocycles. The van der Waals surface area contributed by atoms with E-state index in [2.05, 4.69) is 21.2 Å². The molecule has 0 heterocycles. The van der Waals surface area contributed by atoms with Gasteiger partial charge in [-0.2, -0.15) is 0 Å². The molecule has 0 aliphatic carbocycles. The van der Waals surface area contributed by atoms with E-state index in [1.165, 1.54) is 13.2 Å². The number of nitrogens with one attached hydrogen (secondary N) is 1. The Morgan fingerprint density at radius 3 is 2.46 bits per heavy atom. The predicted octanol–water partition coefficient (Wildman–Crippen LogP) is 5.89. The second kappa shape index (κ2) is 8.71. The smallest absolute Gasteiger partial charge is 0.340 e. The summed E-state index contributed by atoms with van der Waals surface area (Å²) in [4.78, 5) is 24.4. The maximum Gasteiger partial charge on any atom is 0.340 e. The Bertz CT molecular complexity index is 910. The summed E-state index contributed by atoms with van der Waals surface area (Å²) in [7, 11) is 1.29. The highest BCUT2D eigenvalue weighted by Gasteiger charge is 2.17. The van der Waals surface area contributed by atoms with Gasteiger partial charge in [0.2, 0.25) is 5.91 Å². The lowest BCUT2D eigenvalue weighted by Crippen LogP contribution is -2.15. The monoisotopic (exact) mass is 455 g/mol. The third kappa shape index (κ3) is 4.87. The van der Waals surface area contributed by atoms with E-state index < -0.39 is 5.97 Å². The topological polar surface area (TPSA) is 55.4 Å². The second-order valence-electron chi connectivity index (χ2n) is 5.58. The molecule has 0 unspecified atom stereocenters. The molecular weight excluding hydrogens is 441 g/mol. The van der Waals surface area contributed by atoms with Gasteiger partial charge in [-0.25, -0.2) is 4.79 Å². The van der Waals surface area contributed by atoms with Crippen LogP contribution in [0, 0.1) is 6.92 Å². The standard InChI is InChI=1S/C19H16BrCl2NO3/c1-10(12-4-5-15(21)16(22)8-12)7-17(24)23-18-11(2)6-13(20)9-14(18)19(25)26-3/h4-9H,1-3H3,(H,23,24). The van der Waals surface area contributed by atoms with Crippen LogP contribution < -0.4 is 5.32 Å². The van der Waals surface area contributed by atoms with E-state index in [0.29, 0.717) is 21.3 Å². The predicted molar refractivity (Wildman–Crippen MR) is 109 cm³/mol. The Labute approximate surface area is 170 Å². The largest absolute Gasteiger partial charge is 0.465 e. The van der Waals surface area contributed by atoms with E-state index in [-0.39, 0.29) is 11.5 Å². The number of hydrogen-bond acceptors (Lipinski definition) is 3. The van der Waals surface area contributed by atoms with Crippen molar-refractivity contribution in [3.05, 3.63) is 67.6 Å². The zero-order valence-electron chi connectivity index (χ0n) is 14.3. The van der Waals surface area contributed by atoms with Crippen molar-refractivity contribution >= 4 is 62.3 Å². The van der Waals surface area contributed by atoms with E-state index in [0.717, 1.165) is 15.6 Å². The Kier molecular flexibility index (Phi) is 6.87. The molecule has 0 atom stereocenters. The van der Waals surface area contributed by atoms with Crippen molar-refractivity contribution in [1.29, 1.82) is 0 Å². The Morgan fingerprint density at radius 1 is 1.15 bits per heavy atom. The SMILES string of the molecule is COC(=O)c1cc(Br)cc(C)c1NC(=O)C=C(C)c1ccc(Cl)c(Cl)c1. The summed E-state index contributed by atoms with van der Waals surface area (Å²) in [5.41, 5.74) is 2.89. The van der Waals surface area contributed by atoms with Crippen molar-refractivity contribution in [3.63, 3.8) is 0 Å². The molecule has 0 radical (unpaired) electrons. The number of esters is 1. The maximum absolute atomic E-state index is 12.4. The summed E-state index contributed by atoms with van der Waals surface area (Å²) in [6, 6.07) is 8.54. The van der Waals surface area contributed by atoms with E-state index in [9.17, 15) is 9.59 Å². The van der Waals surface area contributed by atoms with Gasteiger partial charge in [-0.05, 0) is 54.8 Å². The number of ether oxygens (including phenoxy) is 1. The number of halogens is 3. The molecule has 1 N–H and O–H groups in total. The molecule has 7 heteroatoms. The summed E-state index contributed by atoms with van der Waals surface area (Å²) in [6.07, 6.45) is 1.43. The van der Waals surface area contributed by atoms with E-state index >= 15 is 0 Å². The lowest BCUT2D eigenvalue weighted by Gasteiger charge is -2.13. The van der Waals surface area contributed by atoms with E-state index in [4.69, 9.17) is 27.9 Å². The van der Waals surface area contributed by atoms with Crippen LogP contribution in [-0.4, -0.2) is 19.0 Å². The fraction of sp³-hybridized carbons (Fsp3) is 0.158. The first-order chi connectivity index (χ1) is 12.2. The molecule has 136 valence electrons. The molecule has 0 spiro atoms. The highest BCUT2D eigenvalue weighted by Crippen LogP contribution is 2.28. The average molecular weight is 457 g/mol. The van der Waals surface area contributed by atoms with Crippen LogP contribution in [-0.2, 0) is 9.53 Å². The van der Waals surface area contributed by atoms with Gasteiger partial charge in [-0.3, -0.25) is 4.79 Å². The van der Waals surface area contributed by atoms with Gasteiger partial charge in [0, 0.05) is 10.5 Å². The minimum Gasteiger partial charge on any atom is -0.465 e. The van der Waals surface area contributed by atoms with Gasteiger partial charge in [0.05, 0.1) is 28.4 Å². The zero-order valence-corrected chi connectivity index (χ0v) is 17.4. The molecule has 4 nitrogen and oxygen atoms in total. The Morgan fingerprint density at radius 2 is 1.85 bits per heavy atom. The molecule has 2 rings (SSSR count). The fourth-order valence-corrected chi connectivity index (χ4v) is 3.23. The molecule has 2 aromatic carbocycles. The molecule has 2 aromatic rings. The molecule has 0 aliphatic rings. The van der Waals surface area contributed by atoms with Gasteiger partial charge in [0.15, 0.2) is 0 Å². The number of amides is 1. The van der Waals surface area contributed by atoms with Crippen molar-refractivity contribution in [2.75, 3.05) is 12.4 Å². The van der Waals surface area contributed by atoms with Crippen LogP contribution in [0.3, 0.4) is 0 Å². The average Bonchev–Trinajstić information content (AvgIpc) is 2.58. The number of carbonyl (C=O) groups excluding carboxylic acids is 2. The molecule has 0 saturated carbocycles. The quantitative estimate of drug-likeness (QED) is 0.460. The number of hydrogen-bond donors (Lipinski definition) is 1. The Balaban J connectivity index is 2.32. The first kappa shape index (κ1) is 20.5. The molecule has 1 amide bonds. The van der Waals surface area contributed by atoms with Crippen molar-refractivity contribution in [3.8, 4) is 0 Å². The molecule has 0 bridgehead atoms. The van der Waals surface area contributed by atoms with Gasteiger partial charge in [-0.1, -0.05) is 45.2 Å². The second-order valence-corrected chi connectivity index (χ2v) is 7.31. The van der Waals surface area contributed by atoms with Crippen LogP contribution in [0.15, 0.2) is 40.9 Å². The van der Waals surface area contributed by atoms with Crippen LogP contribution in [0.2, 0.25) is 10.0 Å². The molecular formula is C19H16BrCl2NO3. The fourth-order valence-electron chi connectivity index (χ4n) is 2.36. The van der Waals surface area contributed by atoms with Crippen molar-refractivity contribution < 1.29 is 14.3 Å². The van der Waals surface area contributed by atoms with Crippen molar-refractivity contribution in [2.45, 2.75) is 13.8 Å². The summed E-state index contributed by atoms with van der Waals surface area (Å²) in [5.74, 6) is -0.904. The van der Waals surface area contributed by atoms with Crippen LogP contribution in [0.4, 0.5) is 5.69 Å². The third-order valence-electron chi connectivity index (χ3n) is 3.68. The van der Waals surface area contributed by atoms with Crippen molar-refractivity contribution in [1.82, 2.24) is 0 Å². The number of benzene rings is 2. The normalized spacial score (nSPS) is 11.2.